The number of nitrogens with one attached hydrogen (secondary N) is 2. The van der Waals surface area contributed by atoms with E-state index in [4.69, 9.17) is 0 Å². The van der Waals surface area contributed by atoms with E-state index in [0.29, 0.717) is 30.3 Å². The fourth-order valence-electron chi connectivity index (χ4n) is 2.92. The van der Waals surface area contributed by atoms with Gasteiger partial charge in [-0.15, -0.1) is 0 Å². The average Bonchev–Trinajstić information content (AvgIpc) is 2.56. The number of carbonyl (C=O) groups excluding carboxylic acids is 1. The van der Waals surface area contributed by atoms with E-state index in [1.54, 1.807) is 12.3 Å². The first-order chi connectivity index (χ1) is 11.6. The lowest BCUT2D eigenvalue weighted by molar-refractivity contribution is 0.0955. The monoisotopic (exact) mass is 329 g/mol. The minimum absolute atomic E-state index is 0.199. The predicted molar refractivity (Wildman–Crippen MR) is 88.3 cm³/mol. The van der Waals surface area contributed by atoms with E-state index in [1.165, 1.54) is 18.5 Å². The van der Waals surface area contributed by atoms with Gasteiger partial charge in [0.05, 0.1) is 11.3 Å². The van der Waals surface area contributed by atoms with Gasteiger partial charge in [0.15, 0.2) is 0 Å². The minimum atomic E-state index is -0.313. The molecule has 0 saturated heterocycles. The van der Waals surface area contributed by atoms with E-state index in [-0.39, 0.29) is 17.1 Å². The fourth-order valence-corrected chi connectivity index (χ4v) is 2.92. The molecule has 1 saturated carbocycles. The number of halogens is 1. The predicted octanol–water partition coefficient (Wildman–Crippen LogP) is 2.29. The average molecular weight is 329 g/mol. The molecule has 0 bridgehead atoms. The van der Waals surface area contributed by atoms with E-state index in [9.17, 15) is 9.18 Å². The van der Waals surface area contributed by atoms with E-state index in [1.807, 2.05) is 6.92 Å². The number of nitrogens with zero attached hydrogens (tertiary/aromatic N) is 3. The number of carbonyl (C=O) groups is 1. The Bertz CT molecular complexity index is 715. The second-order valence-electron chi connectivity index (χ2n) is 5.98. The fraction of sp³-hybridized carbons (Fsp3) is 0.412. The van der Waals surface area contributed by atoms with Gasteiger partial charge in [0.1, 0.15) is 5.82 Å². The van der Waals surface area contributed by atoms with Crippen LogP contribution in [0, 0.1) is 5.82 Å². The molecule has 1 aliphatic carbocycles. The topological polar surface area (TPSA) is 79.8 Å². The Balaban J connectivity index is 1.68. The highest BCUT2D eigenvalue weighted by molar-refractivity contribution is 5.93. The maximum atomic E-state index is 14.1. The molecule has 0 unspecified atom stereocenters. The molecule has 0 spiro atoms. The Hall–Kier alpha value is -2.57. The van der Waals surface area contributed by atoms with Gasteiger partial charge in [-0.2, -0.15) is 0 Å². The Morgan fingerprint density at radius 1 is 1.29 bits per heavy atom. The van der Waals surface area contributed by atoms with Gasteiger partial charge in [-0.3, -0.25) is 9.78 Å². The lowest BCUT2D eigenvalue weighted by Crippen LogP contribution is -2.42. The number of aromatic nitrogens is 3. The van der Waals surface area contributed by atoms with Crippen molar-refractivity contribution in [1.82, 2.24) is 20.3 Å². The third-order valence-electron chi connectivity index (χ3n) is 4.41. The summed E-state index contributed by atoms with van der Waals surface area (Å²) < 4.78 is 14.1. The first kappa shape index (κ1) is 16.3. The second-order valence-corrected chi connectivity index (χ2v) is 5.98. The molecule has 7 heteroatoms. The van der Waals surface area contributed by atoms with Crippen LogP contribution < -0.4 is 10.6 Å². The maximum absolute atomic E-state index is 14.1. The van der Waals surface area contributed by atoms with Crippen LogP contribution in [-0.2, 0) is 5.41 Å². The zero-order valence-corrected chi connectivity index (χ0v) is 13.6. The van der Waals surface area contributed by atoms with Crippen molar-refractivity contribution < 1.29 is 9.18 Å². The lowest BCUT2D eigenvalue weighted by atomic mass is 9.66. The maximum Gasteiger partial charge on any atom is 0.254 e. The molecule has 3 rings (SSSR count). The van der Waals surface area contributed by atoms with Gasteiger partial charge in [0, 0.05) is 37.1 Å². The van der Waals surface area contributed by atoms with Gasteiger partial charge in [-0.25, -0.2) is 14.4 Å². The van der Waals surface area contributed by atoms with E-state index in [0.717, 1.165) is 19.3 Å². The Morgan fingerprint density at radius 2 is 2.04 bits per heavy atom. The molecule has 2 aromatic heterocycles. The van der Waals surface area contributed by atoms with Gasteiger partial charge in [0.2, 0.25) is 5.95 Å². The van der Waals surface area contributed by atoms with Crippen LogP contribution in [0.5, 0.6) is 0 Å². The lowest BCUT2D eigenvalue weighted by Gasteiger charge is -2.41. The van der Waals surface area contributed by atoms with Gasteiger partial charge in [-0.05, 0) is 31.9 Å². The number of hydrogen-bond donors (Lipinski definition) is 2. The van der Waals surface area contributed by atoms with Crippen LogP contribution in [0.25, 0.3) is 0 Å². The molecule has 0 aromatic carbocycles. The molecule has 2 aromatic rings. The number of pyridine rings is 1. The summed E-state index contributed by atoms with van der Waals surface area (Å²) in [4.78, 5) is 24.2. The highest BCUT2D eigenvalue weighted by atomic mass is 19.1. The molecular weight excluding hydrogens is 309 g/mol. The van der Waals surface area contributed by atoms with E-state index in [2.05, 4.69) is 25.6 Å². The molecule has 24 heavy (non-hydrogen) atoms. The van der Waals surface area contributed by atoms with Gasteiger partial charge < -0.3 is 10.6 Å². The molecule has 0 aliphatic heterocycles. The summed E-state index contributed by atoms with van der Waals surface area (Å²) in [7, 11) is 0. The van der Waals surface area contributed by atoms with E-state index < -0.39 is 0 Å². The molecule has 1 fully saturated rings. The summed E-state index contributed by atoms with van der Waals surface area (Å²) in [5, 5.41) is 5.84. The zero-order chi connectivity index (χ0) is 17.0. The summed E-state index contributed by atoms with van der Waals surface area (Å²) in [6.07, 6.45) is 7.39. The molecule has 1 aliphatic rings. The Morgan fingerprint density at radius 3 is 2.62 bits per heavy atom. The first-order valence-corrected chi connectivity index (χ1v) is 8.10. The highest BCUT2D eigenvalue weighted by Crippen LogP contribution is 2.43. The smallest absolute Gasteiger partial charge is 0.254 e. The van der Waals surface area contributed by atoms with Gasteiger partial charge >= 0.3 is 0 Å². The second kappa shape index (κ2) is 6.90. The van der Waals surface area contributed by atoms with Crippen molar-refractivity contribution in [3.8, 4) is 0 Å². The van der Waals surface area contributed by atoms with Crippen molar-refractivity contribution in [2.75, 3.05) is 18.4 Å². The largest absolute Gasteiger partial charge is 0.353 e. The minimum Gasteiger partial charge on any atom is -0.353 e. The third-order valence-corrected chi connectivity index (χ3v) is 4.41. The normalized spacial score (nSPS) is 15.4. The summed E-state index contributed by atoms with van der Waals surface area (Å²) >= 11 is 0. The summed E-state index contributed by atoms with van der Waals surface area (Å²) in [5.74, 6) is -0.0489. The quantitative estimate of drug-likeness (QED) is 0.850. The molecule has 2 N–H and O–H groups in total. The Kier molecular flexibility index (Phi) is 4.69. The van der Waals surface area contributed by atoms with Crippen molar-refractivity contribution in [3.05, 3.63) is 47.8 Å². The van der Waals surface area contributed by atoms with Crippen LogP contribution in [0.2, 0.25) is 0 Å². The van der Waals surface area contributed by atoms with E-state index >= 15 is 0 Å². The Labute approximate surface area is 139 Å². The van der Waals surface area contributed by atoms with Crippen LogP contribution in [0.15, 0.2) is 30.7 Å². The molecule has 2 heterocycles. The SMILES string of the molecule is CCNC(=O)c1cnc(NCC2(c3ncccc3F)CCC2)nc1. The molecule has 1 amide bonds. The van der Waals surface area contributed by atoms with Crippen molar-refractivity contribution >= 4 is 11.9 Å². The van der Waals surface area contributed by atoms with Crippen molar-refractivity contribution in [1.29, 1.82) is 0 Å². The highest BCUT2D eigenvalue weighted by Gasteiger charge is 2.41. The molecule has 6 nitrogen and oxygen atoms in total. The molecule has 126 valence electrons. The van der Waals surface area contributed by atoms with Gasteiger partial charge in [-0.1, -0.05) is 6.42 Å². The van der Waals surface area contributed by atoms with Gasteiger partial charge in [0.25, 0.3) is 5.91 Å². The third kappa shape index (κ3) is 3.20. The molecule has 0 atom stereocenters. The number of amides is 1. The van der Waals surface area contributed by atoms with Crippen LogP contribution >= 0.6 is 0 Å². The van der Waals surface area contributed by atoms with Crippen LogP contribution in [0.4, 0.5) is 10.3 Å². The summed E-state index contributed by atoms with van der Waals surface area (Å²) in [6.45, 7) is 2.92. The van der Waals surface area contributed by atoms with Crippen LogP contribution in [-0.4, -0.2) is 33.9 Å². The molecular formula is C17H20FN5O. The first-order valence-electron chi connectivity index (χ1n) is 8.10. The number of hydrogen-bond acceptors (Lipinski definition) is 5. The standard InChI is InChI=1S/C17H20FN5O/c1-2-19-15(24)12-9-21-16(22-10-12)23-11-17(6-4-7-17)14-13(18)5-3-8-20-14/h3,5,8-10H,2,4,6-7,11H2,1H3,(H,19,24)(H,21,22,23). The van der Waals surface area contributed by atoms with Crippen molar-refractivity contribution in [3.63, 3.8) is 0 Å². The van der Waals surface area contributed by atoms with Crippen LogP contribution in [0.3, 0.4) is 0 Å². The summed E-state index contributed by atoms with van der Waals surface area (Å²) in [5.41, 5.74) is 0.603. The summed E-state index contributed by atoms with van der Waals surface area (Å²) in [6, 6.07) is 3.04. The van der Waals surface area contributed by atoms with Crippen LogP contribution in [0.1, 0.15) is 42.2 Å². The molecule has 0 radical (unpaired) electrons. The number of rotatable bonds is 6. The van der Waals surface area contributed by atoms with Crippen molar-refractivity contribution in [2.24, 2.45) is 0 Å². The van der Waals surface area contributed by atoms with Crippen molar-refractivity contribution in [2.45, 2.75) is 31.6 Å². The number of anilines is 1. The zero-order valence-electron chi connectivity index (χ0n) is 13.6.